The summed E-state index contributed by atoms with van der Waals surface area (Å²) in [6.45, 7) is 0.0473. The molecule has 0 amide bonds. The molecule has 0 aliphatic rings. The molecule has 2 rings (SSSR count). The van der Waals surface area contributed by atoms with E-state index < -0.39 is 11.6 Å². The summed E-state index contributed by atoms with van der Waals surface area (Å²) in [7, 11) is 0. The predicted molar refractivity (Wildman–Crippen MR) is 68.1 cm³/mol. The van der Waals surface area contributed by atoms with Gasteiger partial charge in [0.15, 0.2) is 11.6 Å². The van der Waals surface area contributed by atoms with Crippen molar-refractivity contribution in [2.24, 2.45) is 0 Å². The normalized spacial score (nSPS) is 10.5. The molecule has 0 fully saturated rings. The van der Waals surface area contributed by atoms with Gasteiger partial charge in [-0.2, -0.15) is 4.39 Å². The summed E-state index contributed by atoms with van der Waals surface area (Å²) in [6, 6.07) is 8.87. The lowest BCUT2D eigenvalue weighted by Crippen LogP contribution is -1.98. The number of aliphatic hydroxyl groups excluding tert-OH is 1. The third-order valence-electron chi connectivity index (χ3n) is 2.62. The number of halogens is 2. The van der Waals surface area contributed by atoms with Crippen molar-refractivity contribution < 1.29 is 18.6 Å². The van der Waals surface area contributed by atoms with Crippen molar-refractivity contribution in [3.63, 3.8) is 0 Å². The Morgan fingerprint density at radius 1 is 1.05 bits per heavy atom. The lowest BCUT2D eigenvalue weighted by Gasteiger charge is -2.10. The van der Waals surface area contributed by atoms with Gasteiger partial charge in [0, 0.05) is 6.61 Å². The van der Waals surface area contributed by atoms with Crippen LogP contribution in [0.2, 0.25) is 0 Å². The van der Waals surface area contributed by atoms with Gasteiger partial charge in [-0.3, -0.25) is 0 Å². The standard InChI is InChI=1S/C14H13F2NO2/c15-11-5-6-12(17)14(13(11)16)19-10-3-1-9(2-4-10)7-8-18/h1-6,18H,7-8,17H2. The van der Waals surface area contributed by atoms with E-state index in [1.54, 1.807) is 24.3 Å². The highest BCUT2D eigenvalue weighted by Gasteiger charge is 2.14. The molecule has 0 spiro atoms. The molecule has 2 aromatic carbocycles. The number of anilines is 1. The zero-order valence-corrected chi connectivity index (χ0v) is 10.1. The smallest absolute Gasteiger partial charge is 0.203 e. The Kier molecular flexibility index (Phi) is 3.97. The number of benzene rings is 2. The number of nitrogen functional groups attached to an aromatic ring is 1. The zero-order chi connectivity index (χ0) is 13.8. The van der Waals surface area contributed by atoms with Gasteiger partial charge in [-0.25, -0.2) is 4.39 Å². The molecule has 0 aliphatic carbocycles. The lowest BCUT2D eigenvalue weighted by atomic mass is 10.1. The summed E-state index contributed by atoms with van der Waals surface area (Å²) in [5, 5.41) is 8.79. The van der Waals surface area contributed by atoms with Gasteiger partial charge in [-0.15, -0.1) is 0 Å². The highest BCUT2D eigenvalue weighted by molar-refractivity contribution is 5.54. The van der Waals surface area contributed by atoms with Crippen LogP contribution in [0.1, 0.15) is 5.56 Å². The molecule has 19 heavy (non-hydrogen) atoms. The number of nitrogens with two attached hydrogens (primary N) is 1. The van der Waals surface area contributed by atoms with Crippen LogP contribution in [0.5, 0.6) is 11.5 Å². The maximum Gasteiger partial charge on any atom is 0.203 e. The number of aliphatic hydroxyl groups is 1. The van der Waals surface area contributed by atoms with Crippen LogP contribution in [0.3, 0.4) is 0 Å². The maximum absolute atomic E-state index is 13.5. The number of hydrogen-bond acceptors (Lipinski definition) is 3. The minimum Gasteiger partial charge on any atom is -0.452 e. The summed E-state index contributed by atoms with van der Waals surface area (Å²) < 4.78 is 31.9. The highest BCUT2D eigenvalue weighted by atomic mass is 19.2. The van der Waals surface area contributed by atoms with Gasteiger partial charge in [0.05, 0.1) is 5.69 Å². The minimum absolute atomic E-state index is 0.0262. The third kappa shape index (κ3) is 3.00. The number of rotatable bonds is 4. The van der Waals surface area contributed by atoms with E-state index in [1.165, 1.54) is 6.07 Å². The highest BCUT2D eigenvalue weighted by Crippen LogP contribution is 2.31. The monoisotopic (exact) mass is 265 g/mol. The summed E-state index contributed by atoms with van der Waals surface area (Å²) in [4.78, 5) is 0. The largest absolute Gasteiger partial charge is 0.452 e. The third-order valence-corrected chi connectivity index (χ3v) is 2.62. The van der Waals surface area contributed by atoms with Gasteiger partial charge in [0.25, 0.3) is 0 Å². The van der Waals surface area contributed by atoms with Crippen LogP contribution in [0.25, 0.3) is 0 Å². The topological polar surface area (TPSA) is 55.5 Å². The fourth-order valence-electron chi connectivity index (χ4n) is 1.62. The molecule has 0 atom stereocenters. The van der Waals surface area contributed by atoms with Gasteiger partial charge in [0.2, 0.25) is 5.82 Å². The van der Waals surface area contributed by atoms with Crippen LogP contribution in [-0.2, 0) is 6.42 Å². The Morgan fingerprint density at radius 2 is 1.74 bits per heavy atom. The Bertz CT molecular complexity index is 570. The molecule has 0 saturated carbocycles. The van der Waals surface area contributed by atoms with Crippen molar-refractivity contribution >= 4 is 5.69 Å². The SMILES string of the molecule is Nc1ccc(F)c(F)c1Oc1ccc(CCO)cc1. The Labute approximate surface area is 109 Å². The first-order valence-corrected chi connectivity index (χ1v) is 5.73. The van der Waals surface area contributed by atoms with Crippen LogP contribution in [-0.4, -0.2) is 11.7 Å². The molecule has 0 aliphatic heterocycles. The van der Waals surface area contributed by atoms with E-state index in [1.807, 2.05) is 0 Å². The molecule has 0 aromatic heterocycles. The van der Waals surface area contributed by atoms with Gasteiger partial charge in [-0.05, 0) is 36.2 Å². The first-order chi connectivity index (χ1) is 9.11. The molecule has 0 heterocycles. The summed E-state index contributed by atoms with van der Waals surface area (Å²) in [5.74, 6) is -2.10. The molecular weight excluding hydrogens is 252 g/mol. The molecule has 5 heteroatoms. The van der Waals surface area contributed by atoms with E-state index in [2.05, 4.69) is 0 Å². The van der Waals surface area contributed by atoms with Crippen molar-refractivity contribution in [2.75, 3.05) is 12.3 Å². The van der Waals surface area contributed by atoms with Crippen molar-refractivity contribution in [3.8, 4) is 11.5 Å². The van der Waals surface area contributed by atoms with Crippen LogP contribution in [0, 0.1) is 11.6 Å². The zero-order valence-electron chi connectivity index (χ0n) is 10.1. The fourth-order valence-corrected chi connectivity index (χ4v) is 1.62. The first-order valence-electron chi connectivity index (χ1n) is 5.73. The van der Waals surface area contributed by atoms with E-state index in [0.29, 0.717) is 12.2 Å². The Balaban J connectivity index is 2.24. The predicted octanol–water partition coefficient (Wildman–Crippen LogP) is 2.87. The van der Waals surface area contributed by atoms with Crippen molar-refractivity contribution in [3.05, 3.63) is 53.6 Å². The van der Waals surface area contributed by atoms with Crippen molar-refractivity contribution in [1.29, 1.82) is 0 Å². The molecule has 100 valence electrons. The van der Waals surface area contributed by atoms with Crippen LogP contribution in [0.15, 0.2) is 36.4 Å². The van der Waals surface area contributed by atoms with Gasteiger partial charge < -0.3 is 15.6 Å². The van der Waals surface area contributed by atoms with Crippen molar-refractivity contribution in [1.82, 2.24) is 0 Å². The average Bonchev–Trinajstić information content (AvgIpc) is 2.41. The molecule has 3 nitrogen and oxygen atoms in total. The average molecular weight is 265 g/mol. The maximum atomic E-state index is 13.5. The van der Waals surface area contributed by atoms with E-state index in [4.69, 9.17) is 15.6 Å². The van der Waals surface area contributed by atoms with Crippen LogP contribution >= 0.6 is 0 Å². The van der Waals surface area contributed by atoms with Gasteiger partial charge >= 0.3 is 0 Å². The molecule has 0 saturated heterocycles. The second-order valence-electron chi connectivity index (χ2n) is 4.00. The number of hydrogen-bond donors (Lipinski definition) is 2. The van der Waals surface area contributed by atoms with E-state index in [0.717, 1.165) is 11.6 Å². The molecular formula is C14H13F2NO2. The Morgan fingerprint density at radius 3 is 2.37 bits per heavy atom. The van der Waals surface area contributed by atoms with E-state index in [-0.39, 0.29) is 18.0 Å². The van der Waals surface area contributed by atoms with Gasteiger partial charge in [0.1, 0.15) is 5.75 Å². The molecule has 3 N–H and O–H groups in total. The lowest BCUT2D eigenvalue weighted by molar-refractivity contribution is 0.299. The molecule has 0 unspecified atom stereocenters. The minimum atomic E-state index is -1.11. The second kappa shape index (κ2) is 5.67. The van der Waals surface area contributed by atoms with E-state index in [9.17, 15) is 8.78 Å². The van der Waals surface area contributed by atoms with Crippen LogP contribution in [0.4, 0.5) is 14.5 Å². The Hall–Kier alpha value is -2.14. The molecule has 2 aromatic rings. The summed E-state index contributed by atoms with van der Waals surface area (Å²) in [6.07, 6.45) is 0.525. The fraction of sp³-hybridized carbons (Fsp3) is 0.143. The second-order valence-corrected chi connectivity index (χ2v) is 4.00. The van der Waals surface area contributed by atoms with E-state index >= 15 is 0 Å². The summed E-state index contributed by atoms with van der Waals surface area (Å²) >= 11 is 0. The molecule has 0 radical (unpaired) electrons. The van der Waals surface area contributed by atoms with Crippen molar-refractivity contribution in [2.45, 2.75) is 6.42 Å². The number of ether oxygens (including phenoxy) is 1. The molecule has 0 bridgehead atoms. The summed E-state index contributed by atoms with van der Waals surface area (Å²) in [5.41, 5.74) is 6.50. The van der Waals surface area contributed by atoms with Crippen LogP contribution < -0.4 is 10.5 Å². The first kappa shape index (κ1) is 13.3. The van der Waals surface area contributed by atoms with Gasteiger partial charge in [-0.1, -0.05) is 12.1 Å². The quantitative estimate of drug-likeness (QED) is 0.836.